The number of hydrogen-bond donors (Lipinski definition) is 2. The summed E-state index contributed by atoms with van der Waals surface area (Å²) in [4.78, 5) is 23.1. The molecule has 0 spiro atoms. The normalized spacial score (nSPS) is 16.9. The molecule has 8 heteroatoms. The standard InChI is InChI=1S/C15H20N2O5S/c1-23(21,22)17-7-5-12(6-8-17)14(18)16-10-11-3-2-4-13(9-11)15(19)20/h2-4,9,12H,5-8,10H2,1H3,(H,16,18)(H,19,20). The minimum atomic E-state index is -3.20. The third-order valence-corrected chi connectivity index (χ3v) is 5.24. The zero-order valence-electron chi connectivity index (χ0n) is 12.9. The molecule has 1 amide bonds. The molecule has 0 aliphatic carbocycles. The van der Waals surface area contributed by atoms with E-state index in [0.717, 1.165) is 0 Å². The van der Waals surface area contributed by atoms with Gasteiger partial charge in [-0.05, 0) is 30.5 Å². The van der Waals surface area contributed by atoms with E-state index in [1.807, 2.05) is 0 Å². The maximum atomic E-state index is 12.2. The van der Waals surface area contributed by atoms with Gasteiger partial charge in [-0.3, -0.25) is 4.79 Å². The van der Waals surface area contributed by atoms with Crippen LogP contribution in [-0.4, -0.2) is 49.1 Å². The Kier molecular flexibility index (Phi) is 5.38. The highest BCUT2D eigenvalue weighted by molar-refractivity contribution is 7.88. The topological polar surface area (TPSA) is 104 Å². The summed E-state index contributed by atoms with van der Waals surface area (Å²) in [6.45, 7) is 0.961. The lowest BCUT2D eigenvalue weighted by Crippen LogP contribution is -2.42. The molecule has 1 aliphatic heterocycles. The predicted octanol–water partition coefficient (Wildman–Crippen LogP) is 0.673. The maximum Gasteiger partial charge on any atom is 0.335 e. The third-order valence-electron chi connectivity index (χ3n) is 3.93. The van der Waals surface area contributed by atoms with E-state index in [-0.39, 0.29) is 23.9 Å². The minimum Gasteiger partial charge on any atom is -0.478 e. The molecule has 1 saturated heterocycles. The lowest BCUT2D eigenvalue weighted by Gasteiger charge is -2.29. The van der Waals surface area contributed by atoms with Crippen LogP contribution in [0.4, 0.5) is 0 Å². The smallest absolute Gasteiger partial charge is 0.335 e. The number of aromatic carboxylic acids is 1. The third kappa shape index (κ3) is 4.77. The van der Waals surface area contributed by atoms with Crippen molar-refractivity contribution < 1.29 is 23.1 Å². The number of carboxylic acid groups (broad SMARTS) is 1. The first-order valence-corrected chi connectivity index (χ1v) is 9.17. The second kappa shape index (κ2) is 7.10. The molecule has 23 heavy (non-hydrogen) atoms. The molecule has 2 N–H and O–H groups in total. The van der Waals surface area contributed by atoms with Gasteiger partial charge in [0.15, 0.2) is 0 Å². The summed E-state index contributed by atoms with van der Waals surface area (Å²) >= 11 is 0. The molecule has 1 heterocycles. The number of carboxylic acids is 1. The second-order valence-electron chi connectivity index (χ2n) is 5.66. The number of piperidine rings is 1. The Morgan fingerprint density at radius 1 is 1.30 bits per heavy atom. The molecular formula is C15H20N2O5S. The van der Waals surface area contributed by atoms with Gasteiger partial charge in [0.05, 0.1) is 11.8 Å². The zero-order chi connectivity index (χ0) is 17.0. The van der Waals surface area contributed by atoms with Crippen LogP contribution in [-0.2, 0) is 21.4 Å². The number of nitrogens with one attached hydrogen (secondary N) is 1. The van der Waals surface area contributed by atoms with Gasteiger partial charge in [-0.15, -0.1) is 0 Å². The molecule has 0 atom stereocenters. The molecule has 0 aromatic heterocycles. The van der Waals surface area contributed by atoms with Crippen LogP contribution < -0.4 is 5.32 Å². The van der Waals surface area contributed by atoms with Gasteiger partial charge in [-0.2, -0.15) is 0 Å². The monoisotopic (exact) mass is 340 g/mol. The Morgan fingerprint density at radius 2 is 1.96 bits per heavy atom. The first kappa shape index (κ1) is 17.4. The number of benzene rings is 1. The fourth-order valence-corrected chi connectivity index (χ4v) is 3.47. The quantitative estimate of drug-likeness (QED) is 0.820. The molecule has 0 unspecified atom stereocenters. The number of sulfonamides is 1. The van der Waals surface area contributed by atoms with Crippen molar-refractivity contribution in [3.05, 3.63) is 35.4 Å². The summed E-state index contributed by atoms with van der Waals surface area (Å²) in [6, 6.07) is 6.40. The largest absolute Gasteiger partial charge is 0.478 e. The van der Waals surface area contributed by atoms with E-state index in [1.54, 1.807) is 12.1 Å². The first-order chi connectivity index (χ1) is 10.8. The van der Waals surface area contributed by atoms with Crippen LogP contribution in [0.1, 0.15) is 28.8 Å². The van der Waals surface area contributed by atoms with Gasteiger partial charge >= 0.3 is 5.97 Å². The van der Waals surface area contributed by atoms with E-state index in [0.29, 0.717) is 31.5 Å². The fourth-order valence-electron chi connectivity index (χ4n) is 2.60. The van der Waals surface area contributed by atoms with Crippen LogP contribution in [0.2, 0.25) is 0 Å². The number of hydrogen-bond acceptors (Lipinski definition) is 4. The van der Waals surface area contributed by atoms with Gasteiger partial charge in [-0.25, -0.2) is 17.5 Å². The summed E-state index contributed by atoms with van der Waals surface area (Å²) in [6.07, 6.45) is 2.16. The average molecular weight is 340 g/mol. The van der Waals surface area contributed by atoms with Crippen molar-refractivity contribution >= 4 is 21.9 Å². The van der Waals surface area contributed by atoms with Crippen LogP contribution in [0.15, 0.2) is 24.3 Å². The van der Waals surface area contributed by atoms with Crippen molar-refractivity contribution in [2.45, 2.75) is 19.4 Å². The predicted molar refractivity (Wildman–Crippen MR) is 84.4 cm³/mol. The summed E-state index contributed by atoms with van der Waals surface area (Å²) in [5.41, 5.74) is 0.894. The average Bonchev–Trinajstić information content (AvgIpc) is 2.52. The highest BCUT2D eigenvalue weighted by Gasteiger charge is 2.28. The van der Waals surface area contributed by atoms with Crippen LogP contribution in [0.5, 0.6) is 0 Å². The summed E-state index contributed by atoms with van der Waals surface area (Å²) < 4.78 is 24.3. The molecule has 0 radical (unpaired) electrons. The Labute approximate surface area is 135 Å². The fraction of sp³-hybridized carbons (Fsp3) is 0.467. The van der Waals surface area contributed by atoms with E-state index in [2.05, 4.69) is 5.32 Å². The van der Waals surface area contributed by atoms with Crippen LogP contribution in [0.3, 0.4) is 0 Å². The van der Waals surface area contributed by atoms with Crippen molar-refractivity contribution in [2.75, 3.05) is 19.3 Å². The van der Waals surface area contributed by atoms with Gasteiger partial charge < -0.3 is 10.4 Å². The number of rotatable bonds is 5. The molecule has 1 aromatic rings. The van der Waals surface area contributed by atoms with Crippen molar-refractivity contribution in [1.29, 1.82) is 0 Å². The molecule has 1 aromatic carbocycles. The number of carbonyl (C=O) groups excluding carboxylic acids is 1. The van der Waals surface area contributed by atoms with Crippen molar-refractivity contribution in [3.63, 3.8) is 0 Å². The molecule has 126 valence electrons. The highest BCUT2D eigenvalue weighted by Crippen LogP contribution is 2.19. The van der Waals surface area contributed by atoms with Gasteiger partial charge in [0, 0.05) is 25.6 Å². The Balaban J connectivity index is 1.86. The molecule has 0 saturated carbocycles. The summed E-state index contributed by atoms with van der Waals surface area (Å²) in [5, 5.41) is 11.7. The molecule has 0 bridgehead atoms. The number of nitrogens with zero attached hydrogens (tertiary/aromatic N) is 1. The SMILES string of the molecule is CS(=O)(=O)N1CCC(C(=O)NCc2cccc(C(=O)O)c2)CC1. The lowest BCUT2D eigenvalue weighted by molar-refractivity contribution is -0.126. The highest BCUT2D eigenvalue weighted by atomic mass is 32.2. The van der Waals surface area contributed by atoms with Crippen molar-refractivity contribution in [1.82, 2.24) is 9.62 Å². The van der Waals surface area contributed by atoms with Gasteiger partial charge in [-0.1, -0.05) is 12.1 Å². The first-order valence-electron chi connectivity index (χ1n) is 7.32. The Morgan fingerprint density at radius 3 is 2.52 bits per heavy atom. The van der Waals surface area contributed by atoms with Crippen LogP contribution in [0.25, 0.3) is 0 Å². The Bertz CT molecular complexity index is 694. The second-order valence-corrected chi connectivity index (χ2v) is 7.64. The van der Waals surface area contributed by atoms with E-state index < -0.39 is 16.0 Å². The van der Waals surface area contributed by atoms with E-state index in [1.165, 1.54) is 22.7 Å². The van der Waals surface area contributed by atoms with Crippen LogP contribution in [0, 0.1) is 5.92 Å². The molecule has 7 nitrogen and oxygen atoms in total. The van der Waals surface area contributed by atoms with E-state index >= 15 is 0 Å². The van der Waals surface area contributed by atoms with E-state index in [4.69, 9.17) is 5.11 Å². The van der Waals surface area contributed by atoms with Gasteiger partial charge in [0.1, 0.15) is 0 Å². The van der Waals surface area contributed by atoms with Crippen molar-refractivity contribution in [2.24, 2.45) is 5.92 Å². The van der Waals surface area contributed by atoms with Crippen molar-refractivity contribution in [3.8, 4) is 0 Å². The summed E-state index contributed by atoms with van der Waals surface area (Å²) in [5.74, 6) is -1.35. The maximum absolute atomic E-state index is 12.2. The van der Waals surface area contributed by atoms with Gasteiger partial charge in [0.25, 0.3) is 0 Å². The van der Waals surface area contributed by atoms with E-state index in [9.17, 15) is 18.0 Å². The number of carbonyl (C=O) groups is 2. The van der Waals surface area contributed by atoms with Gasteiger partial charge in [0.2, 0.25) is 15.9 Å². The number of amides is 1. The Hall–Kier alpha value is -1.93. The molecule has 1 aliphatic rings. The zero-order valence-corrected chi connectivity index (χ0v) is 13.7. The molecular weight excluding hydrogens is 320 g/mol. The molecule has 1 fully saturated rings. The summed E-state index contributed by atoms with van der Waals surface area (Å²) in [7, 11) is -3.20. The van der Waals surface area contributed by atoms with Crippen LogP contribution >= 0.6 is 0 Å². The minimum absolute atomic E-state index is 0.126. The lowest BCUT2D eigenvalue weighted by atomic mass is 9.97. The molecule has 2 rings (SSSR count).